The first kappa shape index (κ1) is 20.1. The fraction of sp³-hybridized carbons (Fsp3) is 0.167. The summed E-state index contributed by atoms with van der Waals surface area (Å²) in [5.74, 6) is -0.0475. The van der Waals surface area contributed by atoms with Gasteiger partial charge in [0.05, 0.1) is 5.71 Å². The maximum absolute atomic E-state index is 10.6. The summed E-state index contributed by atoms with van der Waals surface area (Å²) < 4.78 is 5.71. The third kappa shape index (κ3) is 6.50. The van der Waals surface area contributed by atoms with E-state index in [2.05, 4.69) is 5.32 Å². The van der Waals surface area contributed by atoms with E-state index in [-0.39, 0.29) is 13.0 Å². The molecule has 3 N–H and O–H groups in total. The zero-order valence-electron chi connectivity index (χ0n) is 16.1. The molecule has 0 saturated carbocycles. The highest BCUT2D eigenvalue weighted by Crippen LogP contribution is 2.16. The molecule has 29 heavy (non-hydrogen) atoms. The van der Waals surface area contributed by atoms with Crippen LogP contribution in [0.4, 0.5) is 5.69 Å². The third-order valence-corrected chi connectivity index (χ3v) is 4.51. The van der Waals surface area contributed by atoms with Crippen molar-refractivity contribution < 1.29 is 14.6 Å². The Kier molecular flexibility index (Phi) is 7.00. The van der Waals surface area contributed by atoms with Gasteiger partial charge in [0.15, 0.2) is 0 Å². The average molecular weight is 388 g/mol. The minimum atomic E-state index is -0.781. The molecule has 0 unspecified atom stereocenters. The molecule has 0 spiro atoms. The molecule has 0 aliphatic heterocycles. The summed E-state index contributed by atoms with van der Waals surface area (Å²) >= 11 is 0. The molecule has 148 valence electrons. The van der Waals surface area contributed by atoms with E-state index >= 15 is 0 Å². The van der Waals surface area contributed by atoms with E-state index in [0.29, 0.717) is 18.7 Å². The second-order valence-electron chi connectivity index (χ2n) is 6.72. The predicted octanol–water partition coefficient (Wildman–Crippen LogP) is 4.76. The predicted molar refractivity (Wildman–Crippen MR) is 115 cm³/mol. The molecule has 0 amide bonds. The minimum absolute atomic E-state index is 0.145. The SMILES string of the molecule is N=C(COc1ccc(CNc2ccc(CCC(=O)O)cc2)cc1)c1ccccc1. The molecule has 5 heteroatoms. The van der Waals surface area contributed by atoms with Gasteiger partial charge in [0.1, 0.15) is 12.4 Å². The molecule has 3 rings (SSSR count). The van der Waals surface area contributed by atoms with Crippen molar-refractivity contribution in [1.82, 2.24) is 0 Å². The second kappa shape index (κ2) is 10.1. The smallest absolute Gasteiger partial charge is 0.303 e. The minimum Gasteiger partial charge on any atom is -0.487 e. The maximum atomic E-state index is 10.6. The van der Waals surface area contributed by atoms with Gasteiger partial charge < -0.3 is 20.6 Å². The van der Waals surface area contributed by atoms with Crippen LogP contribution in [-0.2, 0) is 17.8 Å². The lowest BCUT2D eigenvalue weighted by molar-refractivity contribution is -0.136. The van der Waals surface area contributed by atoms with E-state index in [1.807, 2.05) is 78.9 Å². The summed E-state index contributed by atoms with van der Waals surface area (Å²) in [4.78, 5) is 10.6. The van der Waals surface area contributed by atoms with Crippen LogP contribution in [0.15, 0.2) is 78.9 Å². The van der Waals surface area contributed by atoms with Crippen molar-refractivity contribution in [2.45, 2.75) is 19.4 Å². The zero-order valence-corrected chi connectivity index (χ0v) is 16.1. The summed E-state index contributed by atoms with van der Waals surface area (Å²) in [5.41, 5.74) is 4.43. The second-order valence-corrected chi connectivity index (χ2v) is 6.72. The number of carbonyl (C=O) groups is 1. The first-order valence-electron chi connectivity index (χ1n) is 9.49. The molecule has 0 atom stereocenters. The summed E-state index contributed by atoms with van der Waals surface area (Å²) in [7, 11) is 0. The van der Waals surface area contributed by atoms with Crippen molar-refractivity contribution in [2.24, 2.45) is 0 Å². The van der Waals surface area contributed by atoms with Gasteiger partial charge in [-0.05, 0) is 47.4 Å². The molecular formula is C24H24N2O3. The van der Waals surface area contributed by atoms with E-state index in [9.17, 15) is 4.79 Å². The number of hydrogen-bond donors (Lipinski definition) is 3. The monoisotopic (exact) mass is 388 g/mol. The molecule has 0 heterocycles. The Hall–Kier alpha value is -3.60. The Morgan fingerprint density at radius 2 is 1.55 bits per heavy atom. The fourth-order valence-electron chi connectivity index (χ4n) is 2.83. The van der Waals surface area contributed by atoms with Crippen LogP contribution in [0.2, 0.25) is 0 Å². The third-order valence-electron chi connectivity index (χ3n) is 4.51. The summed E-state index contributed by atoms with van der Waals surface area (Å²) in [6, 6.07) is 25.2. The maximum Gasteiger partial charge on any atom is 0.303 e. The van der Waals surface area contributed by atoms with Crippen molar-refractivity contribution >= 4 is 17.4 Å². The van der Waals surface area contributed by atoms with Gasteiger partial charge in [0.25, 0.3) is 0 Å². The quantitative estimate of drug-likeness (QED) is 0.437. The fourth-order valence-corrected chi connectivity index (χ4v) is 2.83. The van der Waals surface area contributed by atoms with Crippen LogP contribution < -0.4 is 10.1 Å². The van der Waals surface area contributed by atoms with Gasteiger partial charge in [-0.1, -0.05) is 54.6 Å². The van der Waals surface area contributed by atoms with Crippen LogP contribution in [0, 0.1) is 5.41 Å². The van der Waals surface area contributed by atoms with E-state index in [1.165, 1.54) is 0 Å². The van der Waals surface area contributed by atoms with Crippen molar-refractivity contribution in [1.29, 1.82) is 5.41 Å². The Morgan fingerprint density at radius 3 is 2.21 bits per heavy atom. The molecule has 5 nitrogen and oxygen atoms in total. The highest BCUT2D eigenvalue weighted by Gasteiger charge is 2.03. The number of carboxylic acid groups (broad SMARTS) is 1. The van der Waals surface area contributed by atoms with Crippen LogP contribution in [0.3, 0.4) is 0 Å². The number of hydrogen-bond acceptors (Lipinski definition) is 4. The number of aryl methyl sites for hydroxylation is 1. The van der Waals surface area contributed by atoms with Crippen molar-refractivity contribution in [3.63, 3.8) is 0 Å². The number of aliphatic carboxylic acids is 1. The molecule has 0 aliphatic rings. The first-order valence-corrected chi connectivity index (χ1v) is 9.49. The number of benzene rings is 3. The first-order chi connectivity index (χ1) is 14.1. The van der Waals surface area contributed by atoms with Crippen LogP contribution >= 0.6 is 0 Å². The number of anilines is 1. The highest BCUT2D eigenvalue weighted by molar-refractivity contribution is 5.99. The summed E-state index contributed by atoms with van der Waals surface area (Å²) in [6.07, 6.45) is 0.685. The van der Waals surface area contributed by atoms with Crippen molar-refractivity contribution in [3.05, 3.63) is 95.6 Å². The molecule has 0 aliphatic carbocycles. The lowest BCUT2D eigenvalue weighted by Crippen LogP contribution is -2.11. The molecular weight excluding hydrogens is 364 g/mol. The Morgan fingerprint density at radius 1 is 0.897 bits per heavy atom. The summed E-state index contributed by atoms with van der Waals surface area (Å²) in [6.45, 7) is 0.907. The van der Waals surface area contributed by atoms with E-state index in [4.69, 9.17) is 15.3 Å². The number of ether oxygens (including phenoxy) is 1. The largest absolute Gasteiger partial charge is 0.487 e. The van der Waals surface area contributed by atoms with Gasteiger partial charge in [-0.2, -0.15) is 0 Å². The average Bonchev–Trinajstić information content (AvgIpc) is 2.76. The van der Waals surface area contributed by atoms with Gasteiger partial charge >= 0.3 is 5.97 Å². The standard InChI is InChI=1S/C24H24N2O3/c25-23(20-4-2-1-3-5-20)17-29-22-13-8-19(9-14-22)16-26-21-11-6-18(7-12-21)10-15-24(27)28/h1-9,11-14,25-26H,10,15-17H2,(H,27,28). The molecule has 0 aromatic heterocycles. The van der Waals surface area contributed by atoms with Crippen LogP contribution in [0.5, 0.6) is 5.75 Å². The van der Waals surface area contributed by atoms with E-state index < -0.39 is 5.97 Å². The van der Waals surface area contributed by atoms with E-state index in [0.717, 1.165) is 28.1 Å². The van der Waals surface area contributed by atoms with Gasteiger partial charge in [0, 0.05) is 18.7 Å². The van der Waals surface area contributed by atoms with Gasteiger partial charge in [-0.25, -0.2) is 0 Å². The van der Waals surface area contributed by atoms with Crippen LogP contribution in [-0.4, -0.2) is 23.4 Å². The molecule has 0 saturated heterocycles. The molecule has 3 aromatic carbocycles. The molecule has 3 aromatic rings. The van der Waals surface area contributed by atoms with Gasteiger partial charge in [0.2, 0.25) is 0 Å². The lowest BCUT2D eigenvalue weighted by Gasteiger charge is -2.10. The summed E-state index contributed by atoms with van der Waals surface area (Å²) in [5, 5.41) is 20.2. The topological polar surface area (TPSA) is 82.4 Å². The molecule has 0 bridgehead atoms. The van der Waals surface area contributed by atoms with E-state index in [1.54, 1.807) is 0 Å². The Balaban J connectivity index is 1.45. The number of nitrogens with one attached hydrogen (secondary N) is 2. The van der Waals surface area contributed by atoms with Gasteiger partial charge in [-0.3, -0.25) is 4.79 Å². The highest BCUT2D eigenvalue weighted by atomic mass is 16.5. The Labute approximate surface area is 170 Å². The molecule has 0 radical (unpaired) electrons. The number of carboxylic acids is 1. The Bertz CT molecular complexity index is 936. The zero-order chi connectivity index (χ0) is 20.5. The van der Waals surface area contributed by atoms with Gasteiger partial charge in [-0.15, -0.1) is 0 Å². The van der Waals surface area contributed by atoms with Crippen molar-refractivity contribution in [3.8, 4) is 5.75 Å². The number of rotatable bonds is 10. The lowest BCUT2D eigenvalue weighted by atomic mass is 10.1. The molecule has 0 fully saturated rings. The van der Waals surface area contributed by atoms with Crippen molar-refractivity contribution in [2.75, 3.05) is 11.9 Å². The van der Waals surface area contributed by atoms with Crippen LogP contribution in [0.25, 0.3) is 0 Å². The van der Waals surface area contributed by atoms with Crippen LogP contribution in [0.1, 0.15) is 23.1 Å². The normalized spacial score (nSPS) is 10.3.